The molecule has 0 spiro atoms. The molecule has 0 saturated carbocycles. The maximum Gasteiger partial charge on any atom is 0.187 e. The van der Waals surface area contributed by atoms with Gasteiger partial charge in [0.15, 0.2) is 17.4 Å². The zero-order valence-corrected chi connectivity index (χ0v) is 3.05. The largest absolute Gasteiger partial charge is 0.412 e. The summed E-state index contributed by atoms with van der Waals surface area (Å²) in [7, 11) is 0. The third-order valence-electron chi connectivity index (χ3n) is 0. The van der Waals surface area contributed by atoms with E-state index in [0.29, 0.717) is 0 Å². The van der Waals surface area contributed by atoms with E-state index in [2.05, 4.69) is 0 Å². The minimum Gasteiger partial charge on any atom is -0.412 e. The van der Waals surface area contributed by atoms with Crippen LogP contribution < -0.4 is 0 Å². The molecule has 0 aliphatic rings. The van der Waals surface area contributed by atoms with E-state index in [1.54, 1.807) is 0 Å². The van der Waals surface area contributed by atoms with E-state index < -0.39 is 0 Å². The summed E-state index contributed by atoms with van der Waals surface area (Å²) < 4.78 is 0. The molecular weight excluding hydrogens is 165 g/mol. The Morgan fingerprint density at radius 2 is 1.00 bits per heavy atom. The van der Waals surface area contributed by atoms with Crippen molar-refractivity contribution < 1.29 is 39.0 Å². The Morgan fingerprint density at radius 3 is 1.00 bits per heavy atom. The van der Waals surface area contributed by atoms with Crippen LogP contribution in [0.5, 0.6) is 0 Å². The van der Waals surface area contributed by atoms with E-state index in [9.17, 15) is 0 Å². The molecule has 1 nitrogen and oxygen atoms in total. The van der Waals surface area contributed by atoms with E-state index in [0.717, 1.165) is 0 Å². The SMILES string of the molecule is O.[AlH3].[Cu].[Ni]. The van der Waals surface area contributed by atoms with Gasteiger partial charge in [0, 0.05) is 33.6 Å². The molecular formula is H5AlCuNiO. The molecule has 0 saturated heterocycles. The van der Waals surface area contributed by atoms with Crippen LogP contribution in [-0.4, -0.2) is 22.8 Å². The van der Waals surface area contributed by atoms with Gasteiger partial charge in [-0.3, -0.25) is 0 Å². The Bertz CT molecular complexity index is 8.00. The molecule has 0 atom stereocenters. The zero-order chi connectivity index (χ0) is 0. The summed E-state index contributed by atoms with van der Waals surface area (Å²) in [5.74, 6) is 0. The van der Waals surface area contributed by atoms with Gasteiger partial charge in [-0.1, -0.05) is 0 Å². The van der Waals surface area contributed by atoms with Crippen LogP contribution in [-0.2, 0) is 33.6 Å². The van der Waals surface area contributed by atoms with Crippen molar-refractivity contribution in [3.8, 4) is 0 Å². The second-order valence-corrected chi connectivity index (χ2v) is 0. The second kappa shape index (κ2) is 24.4. The van der Waals surface area contributed by atoms with Gasteiger partial charge in [0.05, 0.1) is 0 Å². The molecule has 0 fully saturated rings. The number of rotatable bonds is 0. The summed E-state index contributed by atoms with van der Waals surface area (Å²) in [6.07, 6.45) is 0. The first-order valence-electron chi connectivity index (χ1n) is 0. The third-order valence-corrected chi connectivity index (χ3v) is 0. The standard InChI is InChI=1S/Al.Cu.Ni.H2O.3H/h;;;1H2;;;. The molecule has 0 aliphatic carbocycles. The first-order valence-corrected chi connectivity index (χ1v) is 0. The van der Waals surface area contributed by atoms with Gasteiger partial charge in [0.25, 0.3) is 0 Å². The smallest absolute Gasteiger partial charge is 0.187 e. The van der Waals surface area contributed by atoms with Crippen LogP contribution in [0.3, 0.4) is 0 Å². The van der Waals surface area contributed by atoms with Gasteiger partial charge in [-0.05, 0) is 0 Å². The van der Waals surface area contributed by atoms with Gasteiger partial charge in [-0.2, -0.15) is 0 Å². The fraction of sp³-hybridized carbons (Fsp3) is 0. The predicted octanol–water partition coefficient (Wildman–Crippen LogP) is -2.01. The monoisotopic (exact) mass is 169 g/mol. The average Bonchev–Trinajstić information content (AvgIpc) is 0. The van der Waals surface area contributed by atoms with Crippen molar-refractivity contribution in [3.63, 3.8) is 0 Å². The van der Waals surface area contributed by atoms with Gasteiger partial charge >= 0.3 is 0 Å². The molecule has 0 aromatic rings. The number of hydrogen-bond donors (Lipinski definition) is 0. The van der Waals surface area contributed by atoms with Gasteiger partial charge in [0.2, 0.25) is 0 Å². The molecule has 4 heavy (non-hydrogen) atoms. The third kappa shape index (κ3) is 9.71. The fourth-order valence-corrected chi connectivity index (χ4v) is 0. The summed E-state index contributed by atoms with van der Waals surface area (Å²) in [5.41, 5.74) is 0. The molecule has 0 heterocycles. The zero-order valence-electron chi connectivity index (χ0n) is 1.12. The van der Waals surface area contributed by atoms with E-state index in [1.165, 1.54) is 0 Å². The van der Waals surface area contributed by atoms with Crippen molar-refractivity contribution in [1.82, 2.24) is 0 Å². The van der Waals surface area contributed by atoms with Crippen molar-refractivity contribution in [3.05, 3.63) is 0 Å². The van der Waals surface area contributed by atoms with Gasteiger partial charge in [-0.25, -0.2) is 0 Å². The van der Waals surface area contributed by atoms with Gasteiger partial charge in [-0.15, -0.1) is 0 Å². The van der Waals surface area contributed by atoms with E-state index >= 15 is 0 Å². The maximum absolute atomic E-state index is 0. The molecule has 0 aromatic heterocycles. The minimum atomic E-state index is 0. The van der Waals surface area contributed by atoms with Gasteiger partial charge < -0.3 is 5.48 Å². The molecule has 0 aromatic carbocycles. The Hall–Kier alpha value is 1.51. The summed E-state index contributed by atoms with van der Waals surface area (Å²) in [6, 6.07) is 0. The maximum atomic E-state index is 0. The Morgan fingerprint density at radius 1 is 1.00 bits per heavy atom. The van der Waals surface area contributed by atoms with Crippen LogP contribution in [0.25, 0.3) is 0 Å². The molecule has 0 amide bonds. The molecule has 4 heteroatoms. The van der Waals surface area contributed by atoms with Crippen LogP contribution in [0.4, 0.5) is 0 Å². The van der Waals surface area contributed by atoms with E-state index in [-0.39, 0.29) is 56.4 Å². The summed E-state index contributed by atoms with van der Waals surface area (Å²) in [6.45, 7) is 0. The van der Waals surface area contributed by atoms with Crippen molar-refractivity contribution >= 4 is 17.4 Å². The molecule has 0 bridgehead atoms. The Balaban J connectivity index is 0. The molecule has 0 rings (SSSR count). The first-order chi connectivity index (χ1) is 0. The summed E-state index contributed by atoms with van der Waals surface area (Å²) in [5, 5.41) is 0. The predicted molar refractivity (Wildman–Crippen MR) is 13.6 cm³/mol. The molecule has 0 aliphatic heterocycles. The quantitative estimate of drug-likeness (QED) is 0.376. The summed E-state index contributed by atoms with van der Waals surface area (Å²) in [4.78, 5) is 0. The fourth-order valence-electron chi connectivity index (χ4n) is 0. The molecule has 0 unspecified atom stereocenters. The van der Waals surface area contributed by atoms with Crippen LogP contribution in [0.2, 0.25) is 0 Å². The number of hydrogen-bond acceptors (Lipinski definition) is 0. The van der Waals surface area contributed by atoms with Crippen LogP contribution >= 0.6 is 0 Å². The molecule has 1 radical (unpaired) electrons. The molecule has 2 N–H and O–H groups in total. The van der Waals surface area contributed by atoms with Crippen LogP contribution in [0, 0.1) is 0 Å². The second-order valence-electron chi connectivity index (χ2n) is 0. The molecule has 35 valence electrons. The Kier molecular flexibility index (Phi) is 301. The normalized spacial score (nSPS) is 0. The summed E-state index contributed by atoms with van der Waals surface area (Å²) >= 11 is 0. The van der Waals surface area contributed by atoms with Crippen molar-refractivity contribution in [2.24, 2.45) is 0 Å². The van der Waals surface area contributed by atoms with Crippen molar-refractivity contribution in [2.75, 3.05) is 0 Å². The van der Waals surface area contributed by atoms with Crippen LogP contribution in [0.1, 0.15) is 0 Å². The van der Waals surface area contributed by atoms with Crippen LogP contribution in [0.15, 0.2) is 0 Å². The Labute approximate surface area is 56.4 Å². The van der Waals surface area contributed by atoms with Crippen molar-refractivity contribution in [1.29, 1.82) is 0 Å². The topological polar surface area (TPSA) is 31.5 Å². The van der Waals surface area contributed by atoms with Gasteiger partial charge in [0.1, 0.15) is 0 Å². The van der Waals surface area contributed by atoms with E-state index in [1.807, 2.05) is 0 Å². The van der Waals surface area contributed by atoms with Crippen molar-refractivity contribution in [2.45, 2.75) is 0 Å². The average molecular weight is 170 g/mol. The minimum absolute atomic E-state index is 0. The first kappa shape index (κ1) is 49.3. The van der Waals surface area contributed by atoms with E-state index in [4.69, 9.17) is 0 Å².